The lowest BCUT2D eigenvalue weighted by Gasteiger charge is -2.07. The van der Waals surface area contributed by atoms with Crippen LogP contribution in [0.2, 0.25) is 0 Å². The van der Waals surface area contributed by atoms with Crippen LogP contribution in [0.3, 0.4) is 0 Å². The Morgan fingerprint density at radius 1 is 1.44 bits per heavy atom. The maximum absolute atomic E-state index is 11.6. The zero-order valence-corrected chi connectivity index (χ0v) is 8.82. The molecule has 1 aromatic carbocycles. The highest BCUT2D eigenvalue weighted by Gasteiger charge is 2.17. The van der Waals surface area contributed by atoms with Crippen LogP contribution in [0, 0.1) is 11.3 Å². The molecule has 0 spiro atoms. The van der Waals surface area contributed by atoms with Gasteiger partial charge in [-0.2, -0.15) is 5.26 Å². The Morgan fingerprint density at radius 3 is 2.62 bits per heavy atom. The number of carbonyl (C=O) groups excluding carboxylic acids is 1. The zero-order chi connectivity index (χ0) is 12.2. The lowest BCUT2D eigenvalue weighted by molar-refractivity contribution is -0.303. The Kier molecular flexibility index (Phi) is 3.60. The number of hydrogen-bond donors (Lipinski definition) is 1. The zero-order valence-electron chi connectivity index (χ0n) is 8.00. The van der Waals surface area contributed by atoms with Gasteiger partial charge in [0.25, 0.3) is 0 Å². The fraction of sp³-hybridized carbons (Fsp3) is 0.111. The number of sulfonamides is 1. The number of carboxylic acid groups (broad SMARTS) is 1. The number of nitriles is 1. The molecule has 0 aliphatic carbocycles. The number of nitrogens with zero attached hydrogens (tertiary/aromatic N) is 1. The van der Waals surface area contributed by atoms with Gasteiger partial charge >= 0.3 is 0 Å². The summed E-state index contributed by atoms with van der Waals surface area (Å²) in [6.07, 6.45) is 0. The topological polar surface area (TPSA) is 110 Å². The Balaban J connectivity index is 3.08. The van der Waals surface area contributed by atoms with E-state index in [0.717, 1.165) is 0 Å². The minimum Gasteiger partial charge on any atom is -0.549 e. The summed E-state index contributed by atoms with van der Waals surface area (Å²) in [6.45, 7) is -0.831. The van der Waals surface area contributed by atoms with Crippen LogP contribution in [0.1, 0.15) is 5.56 Å². The summed E-state index contributed by atoms with van der Waals surface area (Å²) in [7, 11) is -3.99. The number of rotatable bonds is 4. The second-order valence-corrected chi connectivity index (χ2v) is 4.54. The first kappa shape index (κ1) is 12.2. The van der Waals surface area contributed by atoms with Gasteiger partial charge < -0.3 is 9.90 Å². The van der Waals surface area contributed by atoms with E-state index in [1.165, 1.54) is 24.3 Å². The maximum Gasteiger partial charge on any atom is 0.242 e. The van der Waals surface area contributed by atoms with Crippen LogP contribution in [-0.2, 0) is 14.8 Å². The van der Waals surface area contributed by atoms with E-state index >= 15 is 0 Å². The molecule has 0 fully saturated rings. The van der Waals surface area contributed by atoms with Crippen molar-refractivity contribution < 1.29 is 18.3 Å². The molecule has 0 heterocycles. The predicted octanol–water partition coefficient (Wildman–Crippen LogP) is -1.41. The van der Waals surface area contributed by atoms with E-state index in [4.69, 9.17) is 5.26 Å². The smallest absolute Gasteiger partial charge is 0.242 e. The fourth-order valence-corrected chi connectivity index (χ4v) is 2.15. The third-order valence-corrected chi connectivity index (χ3v) is 3.16. The van der Waals surface area contributed by atoms with Crippen molar-refractivity contribution in [2.45, 2.75) is 4.90 Å². The summed E-state index contributed by atoms with van der Waals surface area (Å²) in [5.41, 5.74) is -0.0478. The van der Waals surface area contributed by atoms with Crippen molar-refractivity contribution in [2.24, 2.45) is 0 Å². The molecule has 0 radical (unpaired) electrons. The van der Waals surface area contributed by atoms with Gasteiger partial charge in [0, 0.05) is 0 Å². The third-order valence-electron chi connectivity index (χ3n) is 1.70. The van der Waals surface area contributed by atoms with Crippen molar-refractivity contribution >= 4 is 16.0 Å². The number of aliphatic carboxylic acids is 1. The molecule has 0 aliphatic rings. The molecule has 0 unspecified atom stereocenters. The number of carboxylic acids is 1. The van der Waals surface area contributed by atoms with Crippen molar-refractivity contribution in [1.82, 2.24) is 4.72 Å². The van der Waals surface area contributed by atoms with E-state index in [2.05, 4.69) is 0 Å². The molecule has 6 nitrogen and oxygen atoms in total. The standard InChI is InChI=1S/C9H8N2O4S/c10-5-7-3-1-2-4-8(7)16(14,15)11-6-9(12)13/h1-4,11H,6H2,(H,12,13)/p-1. The van der Waals surface area contributed by atoms with Gasteiger partial charge in [0.2, 0.25) is 10.0 Å². The van der Waals surface area contributed by atoms with E-state index in [0.29, 0.717) is 0 Å². The van der Waals surface area contributed by atoms with Crippen LogP contribution in [-0.4, -0.2) is 20.9 Å². The number of carbonyl (C=O) groups is 1. The van der Waals surface area contributed by atoms with Crippen LogP contribution in [0.5, 0.6) is 0 Å². The minimum atomic E-state index is -3.99. The highest BCUT2D eigenvalue weighted by atomic mass is 32.2. The quantitative estimate of drug-likeness (QED) is 0.693. The van der Waals surface area contributed by atoms with Gasteiger partial charge in [-0.25, -0.2) is 13.1 Å². The summed E-state index contributed by atoms with van der Waals surface area (Å²) in [5, 5.41) is 18.8. The highest BCUT2D eigenvalue weighted by Crippen LogP contribution is 2.13. The van der Waals surface area contributed by atoms with E-state index in [-0.39, 0.29) is 10.5 Å². The second-order valence-electron chi connectivity index (χ2n) is 2.80. The molecule has 1 aromatic rings. The fourth-order valence-electron chi connectivity index (χ4n) is 1.03. The molecule has 7 heteroatoms. The van der Waals surface area contributed by atoms with E-state index in [1.54, 1.807) is 6.07 Å². The SMILES string of the molecule is N#Cc1ccccc1S(=O)(=O)NCC(=O)[O-]. The first-order chi connectivity index (χ1) is 7.47. The monoisotopic (exact) mass is 239 g/mol. The molecule has 0 saturated carbocycles. The summed E-state index contributed by atoms with van der Waals surface area (Å²) in [6, 6.07) is 7.20. The summed E-state index contributed by atoms with van der Waals surface area (Å²) >= 11 is 0. The molecule has 0 amide bonds. The largest absolute Gasteiger partial charge is 0.549 e. The van der Waals surface area contributed by atoms with Crippen LogP contribution in [0.4, 0.5) is 0 Å². The molecule has 1 rings (SSSR count). The highest BCUT2D eigenvalue weighted by molar-refractivity contribution is 7.89. The molecule has 1 N–H and O–H groups in total. The molecular formula is C9H7N2O4S-. The van der Waals surface area contributed by atoms with Gasteiger partial charge in [0.05, 0.1) is 23.0 Å². The molecule has 0 aliphatic heterocycles. The van der Waals surface area contributed by atoms with Crippen LogP contribution in [0.15, 0.2) is 29.2 Å². The Bertz CT molecular complexity index is 545. The third kappa shape index (κ3) is 2.79. The maximum atomic E-state index is 11.6. The van der Waals surface area contributed by atoms with Gasteiger partial charge in [-0.3, -0.25) is 0 Å². The average molecular weight is 239 g/mol. The van der Waals surface area contributed by atoms with Gasteiger partial charge in [0.1, 0.15) is 6.07 Å². The van der Waals surface area contributed by atoms with Crippen molar-refractivity contribution in [1.29, 1.82) is 5.26 Å². The van der Waals surface area contributed by atoms with Crippen molar-refractivity contribution in [3.05, 3.63) is 29.8 Å². The van der Waals surface area contributed by atoms with Gasteiger partial charge in [0.15, 0.2) is 0 Å². The van der Waals surface area contributed by atoms with Crippen molar-refractivity contribution in [3.8, 4) is 6.07 Å². The van der Waals surface area contributed by atoms with Crippen molar-refractivity contribution in [2.75, 3.05) is 6.54 Å². The Morgan fingerprint density at radius 2 is 2.06 bits per heavy atom. The number of hydrogen-bond acceptors (Lipinski definition) is 5. The molecular weight excluding hydrogens is 232 g/mol. The molecule has 0 bridgehead atoms. The Hall–Kier alpha value is -1.91. The van der Waals surface area contributed by atoms with E-state index in [1.807, 2.05) is 4.72 Å². The van der Waals surface area contributed by atoms with Crippen LogP contribution < -0.4 is 9.83 Å². The van der Waals surface area contributed by atoms with E-state index < -0.39 is 22.5 Å². The first-order valence-electron chi connectivity index (χ1n) is 4.16. The number of benzene rings is 1. The lowest BCUT2D eigenvalue weighted by Crippen LogP contribution is -2.37. The normalized spacial score (nSPS) is 10.7. The van der Waals surface area contributed by atoms with Crippen LogP contribution in [0.25, 0.3) is 0 Å². The van der Waals surface area contributed by atoms with Gasteiger partial charge in [-0.05, 0) is 12.1 Å². The first-order valence-corrected chi connectivity index (χ1v) is 5.64. The minimum absolute atomic E-state index is 0.0478. The van der Waals surface area contributed by atoms with Crippen LogP contribution >= 0.6 is 0 Å². The molecule has 0 aromatic heterocycles. The van der Waals surface area contributed by atoms with E-state index in [9.17, 15) is 18.3 Å². The van der Waals surface area contributed by atoms with Gasteiger partial charge in [-0.1, -0.05) is 12.1 Å². The second kappa shape index (κ2) is 4.74. The number of nitrogens with one attached hydrogen (secondary N) is 1. The molecule has 0 saturated heterocycles. The lowest BCUT2D eigenvalue weighted by atomic mass is 10.2. The molecule has 84 valence electrons. The summed E-state index contributed by atoms with van der Waals surface area (Å²) in [4.78, 5) is 9.88. The van der Waals surface area contributed by atoms with Crippen molar-refractivity contribution in [3.63, 3.8) is 0 Å². The predicted molar refractivity (Wildman–Crippen MR) is 51.4 cm³/mol. The van der Waals surface area contributed by atoms with Gasteiger partial charge in [-0.15, -0.1) is 0 Å². The summed E-state index contributed by atoms with van der Waals surface area (Å²) in [5.74, 6) is -1.54. The molecule has 16 heavy (non-hydrogen) atoms. The molecule has 0 atom stereocenters. The average Bonchev–Trinajstić information content (AvgIpc) is 2.26. The summed E-state index contributed by atoms with van der Waals surface area (Å²) < 4.78 is 24.9. The Labute approximate surface area is 92.2 Å².